The number of ether oxygens (including phenoxy) is 1. The third kappa shape index (κ3) is 6.39. The van der Waals surface area contributed by atoms with Gasteiger partial charge in [-0.15, -0.1) is 11.3 Å². The Hall–Kier alpha value is -1.16. The van der Waals surface area contributed by atoms with Gasteiger partial charge in [-0.2, -0.15) is 0 Å². The highest BCUT2D eigenvalue weighted by molar-refractivity contribution is 7.91. The third-order valence-corrected chi connectivity index (χ3v) is 6.51. The van der Waals surface area contributed by atoms with Crippen molar-refractivity contribution in [3.63, 3.8) is 0 Å². The van der Waals surface area contributed by atoms with Crippen molar-refractivity contribution in [1.82, 2.24) is 14.9 Å². The van der Waals surface area contributed by atoms with Crippen LogP contribution in [0.4, 0.5) is 0 Å². The number of rotatable bonds is 10. The number of thiophene rings is 1. The Morgan fingerprint density at radius 3 is 2.88 bits per heavy atom. The van der Waals surface area contributed by atoms with E-state index in [2.05, 4.69) is 15.0 Å². The Labute approximate surface area is 148 Å². The third-order valence-electron chi connectivity index (χ3n) is 3.66. The van der Waals surface area contributed by atoms with E-state index in [1.54, 1.807) is 24.6 Å². The predicted molar refractivity (Wildman–Crippen MR) is 97.0 cm³/mol. The number of nitrogens with one attached hydrogen (secondary N) is 2. The molecule has 0 radical (unpaired) electrons. The first-order chi connectivity index (χ1) is 11.5. The molecule has 0 spiro atoms. The van der Waals surface area contributed by atoms with Crippen molar-refractivity contribution < 1.29 is 13.2 Å². The Morgan fingerprint density at radius 1 is 1.46 bits per heavy atom. The van der Waals surface area contributed by atoms with Crippen LogP contribution in [-0.4, -0.2) is 66.2 Å². The van der Waals surface area contributed by atoms with E-state index in [-0.39, 0.29) is 0 Å². The number of sulfonamides is 1. The smallest absolute Gasteiger partial charge is 0.250 e. The van der Waals surface area contributed by atoms with Gasteiger partial charge in [0.15, 0.2) is 5.96 Å². The normalized spacial score (nSPS) is 15.5. The molecule has 1 aromatic heterocycles. The number of hydrogen-bond acceptors (Lipinski definition) is 5. The lowest BCUT2D eigenvalue weighted by molar-refractivity contribution is 0.115. The molecule has 0 saturated heterocycles. The van der Waals surface area contributed by atoms with Crippen molar-refractivity contribution in [2.75, 3.05) is 46.9 Å². The predicted octanol–water partition coefficient (Wildman–Crippen LogP) is 0.960. The number of aliphatic imine (C=N–C) groups is 1. The maximum absolute atomic E-state index is 12.0. The topological polar surface area (TPSA) is 83.0 Å². The van der Waals surface area contributed by atoms with Crippen LogP contribution >= 0.6 is 11.3 Å². The highest BCUT2D eigenvalue weighted by Crippen LogP contribution is 2.28. The molecular weight excluding hydrogens is 348 g/mol. The van der Waals surface area contributed by atoms with Gasteiger partial charge < -0.3 is 15.0 Å². The lowest BCUT2D eigenvalue weighted by Crippen LogP contribution is -2.43. The molecule has 9 heteroatoms. The molecule has 1 aliphatic carbocycles. The van der Waals surface area contributed by atoms with Crippen LogP contribution < -0.4 is 10.0 Å². The first kappa shape index (κ1) is 19.2. The van der Waals surface area contributed by atoms with Crippen LogP contribution in [0.3, 0.4) is 0 Å². The van der Waals surface area contributed by atoms with Gasteiger partial charge in [0, 0.05) is 40.3 Å². The van der Waals surface area contributed by atoms with Gasteiger partial charge in [-0.05, 0) is 30.2 Å². The summed E-state index contributed by atoms with van der Waals surface area (Å²) in [6.07, 6.45) is 2.58. The molecule has 1 fully saturated rings. The summed E-state index contributed by atoms with van der Waals surface area (Å²) in [6, 6.07) is 3.31. The second-order valence-electron chi connectivity index (χ2n) is 5.74. The monoisotopic (exact) mass is 374 g/mol. The van der Waals surface area contributed by atoms with Gasteiger partial charge in [-0.3, -0.25) is 4.99 Å². The summed E-state index contributed by atoms with van der Waals surface area (Å²) in [5.74, 6) is 1.49. The van der Waals surface area contributed by atoms with E-state index >= 15 is 0 Å². The minimum atomic E-state index is -3.41. The zero-order chi connectivity index (χ0) is 17.4. The molecule has 7 nitrogen and oxygen atoms in total. The largest absolute Gasteiger partial charge is 0.379 e. The summed E-state index contributed by atoms with van der Waals surface area (Å²) in [7, 11) is 0.238. The Morgan fingerprint density at radius 2 is 2.25 bits per heavy atom. The van der Waals surface area contributed by atoms with E-state index in [1.165, 1.54) is 24.2 Å². The molecule has 0 unspecified atom stereocenters. The number of guanidine groups is 1. The maximum atomic E-state index is 12.0. The van der Waals surface area contributed by atoms with Crippen LogP contribution in [0.2, 0.25) is 0 Å². The molecule has 0 aromatic carbocycles. The molecule has 24 heavy (non-hydrogen) atoms. The molecule has 1 saturated carbocycles. The summed E-state index contributed by atoms with van der Waals surface area (Å²) in [5, 5.41) is 4.89. The fourth-order valence-corrected chi connectivity index (χ4v) is 4.14. The van der Waals surface area contributed by atoms with Gasteiger partial charge in [0.2, 0.25) is 10.0 Å². The van der Waals surface area contributed by atoms with E-state index in [4.69, 9.17) is 4.74 Å². The Balaban J connectivity index is 1.63. The maximum Gasteiger partial charge on any atom is 0.250 e. The van der Waals surface area contributed by atoms with Crippen LogP contribution in [0.1, 0.15) is 12.8 Å². The van der Waals surface area contributed by atoms with Gasteiger partial charge in [0.1, 0.15) is 4.21 Å². The first-order valence-corrected chi connectivity index (χ1v) is 10.4. The molecule has 2 N–H and O–H groups in total. The quantitative estimate of drug-likeness (QED) is 0.362. The van der Waals surface area contributed by atoms with E-state index in [9.17, 15) is 8.42 Å². The zero-order valence-electron chi connectivity index (χ0n) is 14.2. The molecular formula is C15H26N4O3S2. The van der Waals surface area contributed by atoms with E-state index in [0.717, 1.165) is 25.0 Å². The summed E-state index contributed by atoms with van der Waals surface area (Å²) in [5.41, 5.74) is 0. The van der Waals surface area contributed by atoms with Gasteiger partial charge in [0.25, 0.3) is 0 Å². The van der Waals surface area contributed by atoms with Crippen LogP contribution in [0, 0.1) is 5.92 Å². The van der Waals surface area contributed by atoms with Gasteiger partial charge in [-0.25, -0.2) is 13.1 Å². The van der Waals surface area contributed by atoms with Crippen molar-refractivity contribution in [3.8, 4) is 0 Å². The van der Waals surface area contributed by atoms with Crippen molar-refractivity contribution in [2.45, 2.75) is 17.1 Å². The van der Waals surface area contributed by atoms with Crippen molar-refractivity contribution in [2.24, 2.45) is 10.9 Å². The fourth-order valence-electron chi connectivity index (χ4n) is 2.07. The molecule has 0 bridgehead atoms. The summed E-state index contributed by atoms with van der Waals surface area (Å²) >= 11 is 1.20. The van der Waals surface area contributed by atoms with Gasteiger partial charge >= 0.3 is 0 Å². The number of likely N-dealkylation sites (N-methyl/N-ethyl adjacent to an activating group) is 1. The minimum Gasteiger partial charge on any atom is -0.379 e. The van der Waals surface area contributed by atoms with Gasteiger partial charge in [-0.1, -0.05) is 6.07 Å². The van der Waals surface area contributed by atoms with Crippen LogP contribution in [0.15, 0.2) is 26.7 Å². The summed E-state index contributed by atoms with van der Waals surface area (Å²) in [6.45, 7) is 3.02. The van der Waals surface area contributed by atoms with Crippen LogP contribution in [-0.2, 0) is 14.8 Å². The molecule has 1 aromatic rings. The minimum absolute atomic E-state index is 0.297. The second-order valence-corrected chi connectivity index (χ2v) is 8.69. The van der Waals surface area contributed by atoms with Crippen LogP contribution in [0.25, 0.3) is 0 Å². The zero-order valence-corrected chi connectivity index (χ0v) is 15.8. The molecule has 0 aliphatic heterocycles. The van der Waals surface area contributed by atoms with Crippen molar-refractivity contribution in [1.29, 1.82) is 0 Å². The number of nitrogens with zero attached hydrogens (tertiary/aromatic N) is 2. The highest BCUT2D eigenvalue weighted by Gasteiger charge is 2.21. The van der Waals surface area contributed by atoms with E-state index < -0.39 is 10.0 Å². The molecule has 136 valence electrons. The lowest BCUT2D eigenvalue weighted by Gasteiger charge is -2.22. The molecule has 2 rings (SSSR count). The fraction of sp³-hybridized carbons (Fsp3) is 0.667. The number of hydrogen-bond donors (Lipinski definition) is 2. The lowest BCUT2D eigenvalue weighted by atomic mass is 10.5. The summed E-state index contributed by atoms with van der Waals surface area (Å²) < 4.78 is 32.5. The molecule has 0 atom stereocenters. The highest BCUT2D eigenvalue weighted by atomic mass is 32.2. The van der Waals surface area contributed by atoms with E-state index in [1.807, 2.05) is 11.9 Å². The molecule has 1 heterocycles. The van der Waals surface area contributed by atoms with Crippen LogP contribution in [0.5, 0.6) is 0 Å². The molecule has 1 aliphatic rings. The van der Waals surface area contributed by atoms with E-state index in [0.29, 0.717) is 23.9 Å². The first-order valence-electron chi connectivity index (χ1n) is 8.05. The standard InChI is InChI=1S/C15H26N4O3S2/c1-16-15(19(2)9-10-22-12-13-5-6-13)17-7-8-18-24(20,21)14-4-3-11-23-14/h3-4,11,13,18H,5-10,12H2,1-2H3,(H,16,17). The second kappa shape index (κ2) is 9.36. The SMILES string of the molecule is CN=C(NCCNS(=O)(=O)c1cccs1)N(C)CCOCC1CC1. The Kier molecular flexibility index (Phi) is 7.47. The summed E-state index contributed by atoms with van der Waals surface area (Å²) in [4.78, 5) is 6.17. The average molecular weight is 375 g/mol. The molecule has 0 amide bonds. The van der Waals surface area contributed by atoms with Gasteiger partial charge in [0.05, 0.1) is 6.61 Å². The average Bonchev–Trinajstić information content (AvgIpc) is 3.20. The van der Waals surface area contributed by atoms with Crippen molar-refractivity contribution in [3.05, 3.63) is 17.5 Å². The Bertz CT molecular complexity index is 613. The van der Waals surface area contributed by atoms with Crippen molar-refractivity contribution >= 4 is 27.3 Å².